The minimum atomic E-state index is -1.58. The Labute approximate surface area is 567 Å². The predicted molar refractivity (Wildman–Crippen MR) is 389 cm³/mol. The summed E-state index contributed by atoms with van der Waals surface area (Å²) in [4.78, 5) is 25.1. The van der Waals surface area contributed by atoms with E-state index < -0.39 is 49.5 Å². The van der Waals surface area contributed by atoms with Gasteiger partial charge in [0.1, 0.15) is 24.4 Å². The molecule has 1 aliphatic heterocycles. The van der Waals surface area contributed by atoms with Crippen LogP contribution in [-0.2, 0) is 23.8 Å². The van der Waals surface area contributed by atoms with Gasteiger partial charge in [0.05, 0.1) is 32.0 Å². The Balaban J connectivity index is 1.95. The molecule has 0 aliphatic carbocycles. The van der Waals surface area contributed by atoms with Crippen LogP contribution in [0, 0.1) is 0 Å². The molecule has 1 amide bonds. The lowest BCUT2D eigenvalue weighted by Gasteiger charge is -2.40. The topological polar surface area (TPSA) is 175 Å². The van der Waals surface area contributed by atoms with E-state index >= 15 is 0 Å². The van der Waals surface area contributed by atoms with E-state index in [1.54, 1.807) is 6.08 Å². The fourth-order valence-electron chi connectivity index (χ4n) is 12.4. The zero-order valence-corrected chi connectivity index (χ0v) is 60.0. The average molecular weight is 1300 g/mol. The van der Waals surface area contributed by atoms with Crippen LogP contribution in [-0.4, -0.2) is 100 Å². The van der Waals surface area contributed by atoms with Gasteiger partial charge in [-0.3, -0.25) is 9.59 Å². The Bertz CT molecular complexity index is 1710. The molecule has 0 bridgehead atoms. The summed E-state index contributed by atoms with van der Waals surface area (Å²) in [7, 11) is 0. The largest absolute Gasteiger partial charge is 0.466 e. The molecular formula is C81H149NO10. The van der Waals surface area contributed by atoms with Gasteiger partial charge >= 0.3 is 5.97 Å². The smallest absolute Gasteiger partial charge is 0.305 e. The van der Waals surface area contributed by atoms with Crippen molar-refractivity contribution in [2.24, 2.45) is 0 Å². The summed E-state index contributed by atoms with van der Waals surface area (Å²) in [6.45, 7) is 4.34. The number of hydrogen-bond acceptors (Lipinski definition) is 10. The summed E-state index contributed by atoms with van der Waals surface area (Å²) >= 11 is 0. The Hall–Kier alpha value is -2.64. The highest BCUT2D eigenvalue weighted by atomic mass is 16.7. The lowest BCUT2D eigenvalue weighted by atomic mass is 9.99. The molecule has 7 atom stereocenters. The maximum Gasteiger partial charge on any atom is 0.305 e. The molecule has 6 N–H and O–H groups in total. The summed E-state index contributed by atoms with van der Waals surface area (Å²) in [6.07, 6.45) is 83.8. The quantitative estimate of drug-likeness (QED) is 0.0195. The Morgan fingerprint density at radius 3 is 1.16 bits per heavy atom. The van der Waals surface area contributed by atoms with Crippen LogP contribution in [0.15, 0.2) is 60.8 Å². The molecule has 0 aromatic carbocycles. The van der Waals surface area contributed by atoms with Crippen molar-refractivity contribution in [3.05, 3.63) is 60.8 Å². The highest BCUT2D eigenvalue weighted by Gasteiger charge is 2.44. The Kier molecular flexibility index (Phi) is 66.2. The van der Waals surface area contributed by atoms with Gasteiger partial charge in [-0.05, 0) is 103 Å². The standard InChI is InChI=1S/C81H149NO10/c1-3-5-7-9-11-13-15-17-41-44-47-51-55-59-63-67-74(84)73(72-91-81-80(89)79(88)78(87)75(71-83)92-81)82-76(85)68-64-60-56-52-48-45-42-39-37-35-33-31-29-27-25-23-21-19-18-20-22-24-26-28-30-32-34-36-38-40-43-46-50-54-58-62-66-70-90-77(86)69-65-61-57-53-49-16-14-12-10-8-6-4-2/h12,14,18,20,24,26,47,51,63,67,73-75,78-81,83-84,87-89H,3-11,13,15-17,19,21-23,25,27-46,48-50,52-62,64-66,68-72H2,1-2H3,(H,82,85)/b14-12-,20-18-,26-24-,51-47+,67-63+. The van der Waals surface area contributed by atoms with E-state index in [0.29, 0.717) is 19.4 Å². The number of nitrogens with one attached hydrogen (secondary N) is 1. The molecule has 0 aromatic heterocycles. The van der Waals surface area contributed by atoms with Crippen molar-refractivity contribution >= 4 is 11.9 Å². The second-order valence-corrected chi connectivity index (χ2v) is 27.4. The van der Waals surface area contributed by atoms with E-state index in [1.165, 1.54) is 289 Å². The van der Waals surface area contributed by atoms with E-state index in [2.05, 4.69) is 67.8 Å². The van der Waals surface area contributed by atoms with Crippen molar-refractivity contribution in [1.82, 2.24) is 5.32 Å². The van der Waals surface area contributed by atoms with Gasteiger partial charge in [0, 0.05) is 12.8 Å². The molecule has 538 valence electrons. The van der Waals surface area contributed by atoms with Gasteiger partial charge in [-0.25, -0.2) is 0 Å². The molecule has 1 rings (SSSR count). The van der Waals surface area contributed by atoms with Crippen LogP contribution in [0.4, 0.5) is 0 Å². The summed E-state index contributed by atoms with van der Waals surface area (Å²) in [6, 6.07) is -0.827. The van der Waals surface area contributed by atoms with E-state index in [0.717, 1.165) is 64.2 Å². The fraction of sp³-hybridized carbons (Fsp3) is 0.852. The van der Waals surface area contributed by atoms with Crippen molar-refractivity contribution in [3.63, 3.8) is 0 Å². The highest BCUT2D eigenvalue weighted by Crippen LogP contribution is 2.24. The van der Waals surface area contributed by atoms with Crippen LogP contribution < -0.4 is 5.32 Å². The highest BCUT2D eigenvalue weighted by molar-refractivity contribution is 5.76. The average Bonchev–Trinajstić information content (AvgIpc) is 0.995. The first-order valence-corrected chi connectivity index (χ1v) is 39.6. The second-order valence-electron chi connectivity index (χ2n) is 27.4. The molecule has 11 nitrogen and oxygen atoms in total. The molecule has 0 aromatic rings. The molecule has 92 heavy (non-hydrogen) atoms. The van der Waals surface area contributed by atoms with E-state index in [-0.39, 0.29) is 18.5 Å². The SMILES string of the molecule is CCCCC/C=C\CCCCCCCC(=O)OCCCCCCCCCCCCCCC/C=C\C/C=C\CCCCCCCCCCCCCCCCCCCC(=O)NC(COC1OC(CO)C(O)C(O)C1O)C(O)/C=C/CC/C=C/CCCCCCCCCCC. The van der Waals surface area contributed by atoms with Crippen LogP contribution in [0.25, 0.3) is 0 Å². The zero-order valence-electron chi connectivity index (χ0n) is 60.0. The van der Waals surface area contributed by atoms with Crippen molar-refractivity contribution in [1.29, 1.82) is 0 Å². The van der Waals surface area contributed by atoms with Gasteiger partial charge in [0.2, 0.25) is 5.91 Å². The van der Waals surface area contributed by atoms with Gasteiger partial charge in [-0.2, -0.15) is 0 Å². The van der Waals surface area contributed by atoms with Crippen LogP contribution >= 0.6 is 0 Å². The van der Waals surface area contributed by atoms with Crippen LogP contribution in [0.5, 0.6) is 0 Å². The van der Waals surface area contributed by atoms with Crippen LogP contribution in [0.2, 0.25) is 0 Å². The zero-order chi connectivity index (χ0) is 66.5. The molecule has 1 aliphatic rings. The Morgan fingerprint density at radius 2 is 0.739 bits per heavy atom. The number of ether oxygens (including phenoxy) is 3. The molecule has 1 saturated heterocycles. The van der Waals surface area contributed by atoms with Crippen molar-refractivity contribution in [2.45, 2.75) is 423 Å². The fourth-order valence-corrected chi connectivity index (χ4v) is 12.4. The minimum absolute atomic E-state index is 0.00234. The van der Waals surface area contributed by atoms with Gasteiger partial charge in [-0.1, -0.05) is 325 Å². The monoisotopic (exact) mass is 1300 g/mol. The number of unbranched alkanes of at least 4 members (excludes halogenated alkanes) is 48. The van der Waals surface area contributed by atoms with Gasteiger partial charge in [-0.15, -0.1) is 0 Å². The summed E-state index contributed by atoms with van der Waals surface area (Å²) in [5, 5.41) is 54.6. The molecule has 7 unspecified atom stereocenters. The second kappa shape index (κ2) is 69.7. The third-order valence-corrected chi connectivity index (χ3v) is 18.6. The van der Waals surface area contributed by atoms with Gasteiger partial charge in [0.25, 0.3) is 0 Å². The normalized spacial score (nSPS) is 17.8. The molecule has 1 heterocycles. The maximum atomic E-state index is 13.1. The third kappa shape index (κ3) is 57.6. The molecule has 0 spiro atoms. The Morgan fingerprint density at radius 1 is 0.402 bits per heavy atom. The van der Waals surface area contributed by atoms with Crippen LogP contribution in [0.1, 0.15) is 380 Å². The van der Waals surface area contributed by atoms with Crippen molar-refractivity contribution in [3.8, 4) is 0 Å². The number of aliphatic hydroxyl groups is 5. The molecule has 11 heteroatoms. The summed E-state index contributed by atoms with van der Waals surface area (Å²) < 4.78 is 16.8. The van der Waals surface area contributed by atoms with Gasteiger partial charge in [0.15, 0.2) is 6.29 Å². The van der Waals surface area contributed by atoms with Gasteiger partial charge < -0.3 is 45.1 Å². The number of rotatable bonds is 70. The number of hydrogen-bond donors (Lipinski definition) is 6. The van der Waals surface area contributed by atoms with Crippen LogP contribution in [0.3, 0.4) is 0 Å². The first-order valence-electron chi connectivity index (χ1n) is 39.6. The first kappa shape index (κ1) is 87.4. The van der Waals surface area contributed by atoms with Crippen molar-refractivity contribution < 1.29 is 49.3 Å². The lowest BCUT2D eigenvalue weighted by molar-refractivity contribution is -0.302. The molecule has 0 saturated carbocycles. The lowest BCUT2D eigenvalue weighted by Crippen LogP contribution is -2.60. The third-order valence-electron chi connectivity index (χ3n) is 18.6. The maximum absolute atomic E-state index is 13.1. The molecular weight excluding hydrogens is 1150 g/mol. The van der Waals surface area contributed by atoms with E-state index in [9.17, 15) is 35.1 Å². The van der Waals surface area contributed by atoms with E-state index in [4.69, 9.17) is 14.2 Å². The predicted octanol–water partition coefficient (Wildman–Crippen LogP) is 21.2. The number of carbonyl (C=O) groups is 2. The molecule has 1 fully saturated rings. The minimum Gasteiger partial charge on any atom is -0.466 e. The first-order chi connectivity index (χ1) is 45.2. The summed E-state index contributed by atoms with van der Waals surface area (Å²) in [5.41, 5.74) is 0. The number of esters is 1. The summed E-state index contributed by atoms with van der Waals surface area (Å²) in [5.74, 6) is -0.185. The number of aliphatic hydroxyl groups excluding tert-OH is 5. The number of carbonyl (C=O) groups excluding carboxylic acids is 2. The van der Waals surface area contributed by atoms with Crippen molar-refractivity contribution in [2.75, 3.05) is 19.8 Å². The van der Waals surface area contributed by atoms with E-state index in [1.807, 2.05) is 6.08 Å². The molecule has 0 radical (unpaired) electrons. The number of amides is 1. The number of allylic oxidation sites excluding steroid dienone is 9.